The van der Waals surface area contributed by atoms with E-state index in [-0.39, 0.29) is 5.41 Å². The van der Waals surface area contributed by atoms with Crippen molar-refractivity contribution in [2.24, 2.45) is 0 Å². The number of benzene rings is 4. The van der Waals surface area contributed by atoms with Crippen molar-refractivity contribution >= 4 is 69.9 Å². The molecule has 1 aliphatic rings. The van der Waals surface area contributed by atoms with Gasteiger partial charge in [-0.25, -0.2) is 0 Å². The lowest BCUT2D eigenvalue weighted by Crippen LogP contribution is -2.26. The third kappa shape index (κ3) is 8.85. The van der Waals surface area contributed by atoms with Crippen LogP contribution < -0.4 is 4.90 Å². The highest BCUT2D eigenvalue weighted by Gasteiger charge is 2.43. The van der Waals surface area contributed by atoms with Gasteiger partial charge in [0.25, 0.3) is 0 Å². The van der Waals surface area contributed by atoms with Crippen LogP contribution in [0.15, 0.2) is 115 Å². The van der Waals surface area contributed by atoms with Crippen LogP contribution in [0.25, 0.3) is 40.4 Å². The molecule has 0 bridgehead atoms. The summed E-state index contributed by atoms with van der Waals surface area (Å²) in [7, 11) is 0. The van der Waals surface area contributed by atoms with E-state index in [1.165, 1.54) is 173 Å². The normalized spacial score (nSPS) is 13.1. The molecule has 3 aromatic heterocycles. The molecule has 1 nitrogen and oxygen atoms in total. The largest absolute Gasteiger partial charge is 0.310 e. The number of thiophene rings is 3. The van der Waals surface area contributed by atoms with Gasteiger partial charge < -0.3 is 4.90 Å². The molecular formula is C53H61NS3. The maximum Gasteiger partial charge on any atom is 0.0635 e. The monoisotopic (exact) mass is 807 g/mol. The number of nitrogens with zero attached hydrogens (tertiary/aromatic N) is 1. The van der Waals surface area contributed by atoms with E-state index < -0.39 is 0 Å². The van der Waals surface area contributed by atoms with Crippen LogP contribution in [-0.2, 0) is 5.41 Å². The summed E-state index contributed by atoms with van der Waals surface area (Å²) in [6.45, 7) is 4.64. The van der Waals surface area contributed by atoms with Crippen LogP contribution in [0.3, 0.4) is 0 Å². The fourth-order valence-electron chi connectivity index (χ4n) is 9.57. The maximum atomic E-state index is 2.65. The molecule has 0 fully saturated rings. The minimum Gasteiger partial charge on any atom is -0.310 e. The Labute approximate surface area is 354 Å². The Kier molecular flexibility index (Phi) is 13.6. The van der Waals surface area contributed by atoms with Crippen LogP contribution in [0.5, 0.6) is 0 Å². The van der Waals surface area contributed by atoms with Crippen molar-refractivity contribution in [3.63, 3.8) is 0 Å². The molecule has 3 heterocycles. The van der Waals surface area contributed by atoms with E-state index in [0.29, 0.717) is 0 Å². The highest BCUT2D eigenvalue weighted by Crippen LogP contribution is 2.57. The van der Waals surface area contributed by atoms with Crippen molar-refractivity contribution in [3.8, 4) is 21.6 Å². The number of anilines is 3. The van der Waals surface area contributed by atoms with Crippen LogP contribution >= 0.6 is 34.0 Å². The van der Waals surface area contributed by atoms with E-state index in [0.717, 1.165) is 0 Å². The molecule has 0 aliphatic heterocycles. The third-order valence-corrected chi connectivity index (χ3v) is 16.2. The fraction of sp³-hybridized carbons (Fsp3) is 0.396. The Bertz CT molecular complexity index is 2250. The van der Waals surface area contributed by atoms with Crippen molar-refractivity contribution in [2.45, 2.75) is 135 Å². The lowest BCUT2D eigenvalue weighted by Gasteiger charge is -2.34. The smallest absolute Gasteiger partial charge is 0.0635 e. The molecule has 4 aromatic carbocycles. The number of fused-ring (bicyclic) bond motifs is 6. The zero-order valence-corrected chi connectivity index (χ0v) is 36.8. The van der Waals surface area contributed by atoms with Crippen LogP contribution in [0.4, 0.5) is 17.1 Å². The molecule has 7 aromatic rings. The number of para-hydroxylation sites is 2. The van der Waals surface area contributed by atoms with Crippen LogP contribution in [0.2, 0.25) is 0 Å². The van der Waals surface area contributed by atoms with Crippen molar-refractivity contribution in [1.82, 2.24) is 0 Å². The van der Waals surface area contributed by atoms with Gasteiger partial charge in [0.15, 0.2) is 0 Å². The van der Waals surface area contributed by atoms with E-state index in [2.05, 4.69) is 133 Å². The lowest BCUT2D eigenvalue weighted by molar-refractivity contribution is 0.397. The van der Waals surface area contributed by atoms with E-state index >= 15 is 0 Å². The first-order valence-electron chi connectivity index (χ1n) is 22.3. The third-order valence-electron chi connectivity index (χ3n) is 12.6. The lowest BCUT2D eigenvalue weighted by atomic mass is 9.70. The topological polar surface area (TPSA) is 3.24 Å². The van der Waals surface area contributed by atoms with Gasteiger partial charge in [0, 0.05) is 36.8 Å². The second-order valence-corrected chi connectivity index (χ2v) is 19.6. The predicted octanol–water partition coefficient (Wildman–Crippen LogP) is 18.6. The molecule has 0 amide bonds. The van der Waals surface area contributed by atoms with Gasteiger partial charge in [0.1, 0.15) is 0 Å². The molecule has 0 saturated heterocycles. The van der Waals surface area contributed by atoms with E-state index in [4.69, 9.17) is 0 Å². The first kappa shape index (κ1) is 40.1. The molecular weight excluding hydrogens is 747 g/mol. The average molecular weight is 808 g/mol. The molecule has 1 aliphatic carbocycles. The summed E-state index contributed by atoms with van der Waals surface area (Å²) in [5, 5.41) is 2.25. The highest BCUT2D eigenvalue weighted by molar-refractivity contribution is 7.39. The minimum atomic E-state index is -0.00415. The first-order chi connectivity index (χ1) is 28.2. The molecule has 0 spiro atoms. The van der Waals surface area contributed by atoms with E-state index in [9.17, 15) is 0 Å². The summed E-state index contributed by atoms with van der Waals surface area (Å²) < 4.78 is 5.81. The second kappa shape index (κ2) is 19.4. The van der Waals surface area contributed by atoms with Crippen LogP contribution in [0.1, 0.15) is 141 Å². The molecule has 57 heavy (non-hydrogen) atoms. The predicted molar refractivity (Wildman–Crippen MR) is 256 cm³/mol. The van der Waals surface area contributed by atoms with Crippen molar-refractivity contribution in [1.29, 1.82) is 0 Å². The van der Waals surface area contributed by atoms with Crippen molar-refractivity contribution < 1.29 is 0 Å². The summed E-state index contributed by atoms with van der Waals surface area (Å²) in [5.74, 6) is 0. The zero-order chi connectivity index (χ0) is 38.9. The molecule has 0 radical (unpaired) electrons. The summed E-state index contributed by atoms with van der Waals surface area (Å²) in [6, 6.07) is 41.8. The Morgan fingerprint density at radius 2 is 1.00 bits per heavy atom. The van der Waals surface area contributed by atoms with Crippen molar-refractivity contribution in [3.05, 3.63) is 126 Å². The SMILES string of the molecule is CCCCCCCCCCC1(CCCCCCCCCC)c2cc(-c3cc4sc5ccsc5c4s3)ccc2-c2ccc(N(c3ccccc3)c3ccccc3)cc21. The zero-order valence-electron chi connectivity index (χ0n) is 34.4. The minimum absolute atomic E-state index is 0.00415. The van der Waals surface area contributed by atoms with Gasteiger partial charge in [0.05, 0.1) is 9.40 Å². The molecule has 296 valence electrons. The van der Waals surface area contributed by atoms with Gasteiger partial charge in [-0.05, 0) is 101 Å². The summed E-state index contributed by atoms with van der Waals surface area (Å²) >= 11 is 5.86. The van der Waals surface area contributed by atoms with Gasteiger partial charge in [-0.2, -0.15) is 0 Å². The Morgan fingerprint density at radius 3 is 1.60 bits per heavy atom. The molecule has 4 heteroatoms. The van der Waals surface area contributed by atoms with Gasteiger partial charge in [0.2, 0.25) is 0 Å². The number of hydrogen-bond acceptors (Lipinski definition) is 4. The van der Waals surface area contributed by atoms with Gasteiger partial charge in [-0.3, -0.25) is 0 Å². The first-order valence-corrected chi connectivity index (χ1v) is 24.8. The molecule has 0 atom stereocenters. The maximum absolute atomic E-state index is 2.65. The average Bonchev–Trinajstić information content (AvgIpc) is 4.01. The number of unbranched alkanes of at least 4 members (excludes halogenated alkanes) is 14. The second-order valence-electron chi connectivity index (χ2n) is 16.5. The Morgan fingerprint density at radius 1 is 0.456 bits per heavy atom. The summed E-state index contributed by atoms with van der Waals surface area (Å²) in [5.41, 5.74) is 11.1. The van der Waals surface area contributed by atoms with Gasteiger partial charge in [-0.15, -0.1) is 34.0 Å². The molecule has 0 saturated carbocycles. The molecule has 0 unspecified atom stereocenters. The highest BCUT2D eigenvalue weighted by atomic mass is 32.1. The van der Waals surface area contributed by atoms with Crippen LogP contribution in [-0.4, -0.2) is 0 Å². The Balaban J connectivity index is 1.19. The van der Waals surface area contributed by atoms with E-state index in [1.807, 2.05) is 34.0 Å². The molecule has 0 N–H and O–H groups in total. The molecule has 8 rings (SSSR count). The summed E-state index contributed by atoms with van der Waals surface area (Å²) in [4.78, 5) is 3.88. The van der Waals surface area contributed by atoms with Gasteiger partial charge >= 0.3 is 0 Å². The quantitative estimate of drug-likeness (QED) is 0.0617. The Hall–Kier alpha value is -3.70. The van der Waals surface area contributed by atoms with Crippen molar-refractivity contribution in [2.75, 3.05) is 4.90 Å². The number of hydrogen-bond donors (Lipinski definition) is 0. The summed E-state index contributed by atoms with van der Waals surface area (Å²) in [6.07, 6.45) is 24.1. The standard InChI is InChI=1S/C53H61NS3/c1-3-5-7-9-11-13-15-23-34-53(35-24-16-14-12-10-8-6-4-2)46-37-40(49-39-50-52(57-49)51-48(56-50)33-36-55-51)29-31-44(46)45-32-30-43(38-47(45)53)54(41-25-19-17-20-26-41)42-27-21-18-22-28-42/h17-22,25-33,36-39H,3-16,23-24,34-35H2,1-2H3. The number of rotatable bonds is 22. The fourth-order valence-corrected chi connectivity index (χ4v) is 13.3. The van der Waals surface area contributed by atoms with Crippen LogP contribution in [0, 0.1) is 0 Å². The van der Waals surface area contributed by atoms with Gasteiger partial charge in [-0.1, -0.05) is 171 Å². The van der Waals surface area contributed by atoms with E-state index in [1.54, 1.807) is 11.1 Å².